The molecule has 7 heteroatoms. The Morgan fingerprint density at radius 1 is 1.48 bits per heavy atom. The fourth-order valence-electron chi connectivity index (χ4n) is 2.43. The normalized spacial score (nSPS) is 12.6. The number of nitrogens with zero attached hydrogens (tertiary/aromatic N) is 3. The molecule has 1 heterocycles. The number of likely N-dealkylation sites (N-methyl/N-ethyl adjacent to an activating group) is 1. The Labute approximate surface area is 136 Å². The van der Waals surface area contributed by atoms with Crippen LogP contribution in [0.15, 0.2) is 12.1 Å². The molecule has 2 N–H and O–H groups in total. The lowest BCUT2D eigenvalue weighted by Gasteiger charge is -2.24. The molecule has 2 rings (SSSR count). The zero-order valence-electron chi connectivity index (χ0n) is 12.2. The molecule has 1 unspecified atom stereocenters. The Hall–Kier alpha value is -1.38. The van der Waals surface area contributed by atoms with Gasteiger partial charge in [0.15, 0.2) is 0 Å². The summed E-state index contributed by atoms with van der Waals surface area (Å²) >= 11 is 1.91. The van der Waals surface area contributed by atoms with E-state index in [9.17, 15) is 9.18 Å². The van der Waals surface area contributed by atoms with Gasteiger partial charge in [0, 0.05) is 19.2 Å². The summed E-state index contributed by atoms with van der Waals surface area (Å²) in [5.41, 5.74) is 7.07. The van der Waals surface area contributed by atoms with Gasteiger partial charge in [-0.2, -0.15) is 0 Å². The van der Waals surface area contributed by atoms with E-state index in [1.165, 1.54) is 6.07 Å². The van der Waals surface area contributed by atoms with Gasteiger partial charge < -0.3 is 10.6 Å². The van der Waals surface area contributed by atoms with E-state index < -0.39 is 6.04 Å². The zero-order valence-corrected chi connectivity index (χ0v) is 14.4. The molecule has 1 atom stereocenters. The highest BCUT2D eigenvalue weighted by atomic mass is 127. The van der Waals surface area contributed by atoms with Gasteiger partial charge in [0.25, 0.3) is 0 Å². The average molecular weight is 404 g/mol. The number of benzene rings is 1. The average Bonchev–Trinajstić information content (AvgIpc) is 2.75. The van der Waals surface area contributed by atoms with Crippen LogP contribution in [0.25, 0.3) is 11.0 Å². The first-order valence-electron chi connectivity index (χ1n) is 6.81. The highest BCUT2D eigenvalue weighted by molar-refractivity contribution is 14.1. The van der Waals surface area contributed by atoms with Crippen molar-refractivity contribution in [1.29, 1.82) is 0 Å². The molecule has 0 aliphatic heterocycles. The second-order valence-corrected chi connectivity index (χ2v) is 5.94. The van der Waals surface area contributed by atoms with Crippen LogP contribution in [-0.4, -0.2) is 33.4 Å². The van der Waals surface area contributed by atoms with E-state index in [2.05, 4.69) is 4.98 Å². The zero-order chi connectivity index (χ0) is 15.7. The molecule has 1 amide bonds. The Morgan fingerprint density at radius 2 is 2.10 bits per heavy atom. The first-order valence-corrected chi connectivity index (χ1v) is 7.89. The number of carbonyl (C=O) groups is 1. The molecule has 0 fully saturated rings. The van der Waals surface area contributed by atoms with Gasteiger partial charge in [-0.15, -0.1) is 0 Å². The highest BCUT2D eigenvalue weighted by Gasteiger charge is 2.24. The number of nitrogens with two attached hydrogens (primary N) is 1. The van der Waals surface area contributed by atoms with Crippen molar-refractivity contribution in [3.05, 3.63) is 21.5 Å². The molecule has 1 aromatic heterocycles. The van der Waals surface area contributed by atoms with Crippen molar-refractivity contribution in [3.63, 3.8) is 0 Å². The lowest BCUT2D eigenvalue weighted by molar-refractivity contribution is -0.133. The van der Waals surface area contributed by atoms with Crippen LogP contribution >= 0.6 is 22.6 Å². The predicted octanol–water partition coefficient (Wildman–Crippen LogP) is 2.79. The van der Waals surface area contributed by atoms with Crippen LogP contribution in [0.1, 0.15) is 26.8 Å². The number of nitrogen functional groups attached to an aromatic ring is 1. The number of imidazole rings is 1. The summed E-state index contributed by atoms with van der Waals surface area (Å²) < 4.78 is 15.9. The number of amides is 1. The van der Waals surface area contributed by atoms with Crippen LogP contribution in [0.2, 0.25) is 0 Å². The van der Waals surface area contributed by atoms with Crippen molar-refractivity contribution in [2.75, 3.05) is 18.8 Å². The molecule has 0 spiro atoms. The summed E-state index contributed by atoms with van der Waals surface area (Å²) in [6.07, 6.45) is 0. The van der Waals surface area contributed by atoms with Crippen LogP contribution in [0.5, 0.6) is 0 Å². The first-order chi connectivity index (χ1) is 9.90. The third-order valence-electron chi connectivity index (χ3n) is 3.58. The molecule has 5 nitrogen and oxygen atoms in total. The minimum Gasteiger partial charge on any atom is -0.369 e. The Kier molecular flexibility index (Phi) is 4.70. The second-order valence-electron chi connectivity index (χ2n) is 4.78. The van der Waals surface area contributed by atoms with Gasteiger partial charge >= 0.3 is 0 Å². The maximum Gasteiger partial charge on any atom is 0.245 e. The summed E-state index contributed by atoms with van der Waals surface area (Å²) in [4.78, 5) is 18.4. The molecule has 0 radical (unpaired) electrons. The first kappa shape index (κ1) is 16.0. The molecule has 0 saturated heterocycles. The second kappa shape index (κ2) is 6.17. The number of carbonyl (C=O) groups excluding carboxylic acids is 1. The van der Waals surface area contributed by atoms with Crippen molar-refractivity contribution in [2.24, 2.45) is 0 Å². The molecule has 2 aromatic rings. The number of hydrogen-bond donors (Lipinski definition) is 1. The van der Waals surface area contributed by atoms with Crippen LogP contribution < -0.4 is 5.73 Å². The van der Waals surface area contributed by atoms with Gasteiger partial charge in [-0.3, -0.25) is 9.36 Å². The van der Waals surface area contributed by atoms with Crippen molar-refractivity contribution >= 4 is 45.5 Å². The van der Waals surface area contributed by atoms with Gasteiger partial charge in [-0.1, -0.05) is 0 Å². The van der Waals surface area contributed by atoms with E-state index >= 15 is 0 Å². The van der Waals surface area contributed by atoms with Gasteiger partial charge in [-0.05, 0) is 49.4 Å². The van der Waals surface area contributed by atoms with E-state index in [4.69, 9.17) is 5.73 Å². The fourth-order valence-corrected chi connectivity index (χ4v) is 2.88. The standard InChI is InChI=1S/C14H18FIN4O/c1-4-19(5-2)13(21)8(3)20-12-6-9(15)10(16)7-11(12)18-14(20)17/h6-8H,4-5H2,1-3H3,(H2,17,18). The Bertz CT molecular complexity index is 681. The van der Waals surface area contributed by atoms with E-state index in [0.717, 1.165) is 0 Å². The van der Waals surface area contributed by atoms with Crippen LogP contribution in [0, 0.1) is 9.39 Å². The molecular formula is C14H18FIN4O. The molecule has 0 aliphatic carbocycles. The largest absolute Gasteiger partial charge is 0.369 e. The predicted molar refractivity (Wildman–Crippen MR) is 89.5 cm³/mol. The van der Waals surface area contributed by atoms with Crippen LogP contribution in [-0.2, 0) is 4.79 Å². The molecule has 114 valence electrons. The SMILES string of the molecule is CCN(CC)C(=O)C(C)n1c(N)nc2cc(I)c(F)cc21. The molecule has 21 heavy (non-hydrogen) atoms. The summed E-state index contributed by atoms with van der Waals surface area (Å²) in [5.74, 6) is -0.170. The number of rotatable bonds is 4. The van der Waals surface area contributed by atoms with E-state index in [1.54, 1.807) is 22.5 Å². The number of aromatic nitrogens is 2. The minimum absolute atomic E-state index is 0.0510. The van der Waals surface area contributed by atoms with Crippen LogP contribution in [0.3, 0.4) is 0 Å². The molecule has 1 aromatic carbocycles. The lowest BCUT2D eigenvalue weighted by atomic mass is 10.2. The monoisotopic (exact) mass is 404 g/mol. The quantitative estimate of drug-likeness (QED) is 0.798. The Balaban J connectivity index is 2.53. The summed E-state index contributed by atoms with van der Waals surface area (Å²) in [6, 6.07) is 2.49. The maximum atomic E-state index is 13.8. The molecule has 0 saturated carbocycles. The van der Waals surface area contributed by atoms with Gasteiger partial charge in [0.05, 0.1) is 14.6 Å². The molecular weight excluding hydrogens is 386 g/mol. The van der Waals surface area contributed by atoms with Crippen molar-refractivity contribution in [3.8, 4) is 0 Å². The summed E-state index contributed by atoms with van der Waals surface area (Å²) in [5, 5.41) is 0. The van der Waals surface area contributed by atoms with E-state index in [-0.39, 0.29) is 17.7 Å². The third kappa shape index (κ3) is 2.83. The number of fused-ring (bicyclic) bond motifs is 1. The van der Waals surface area contributed by atoms with E-state index in [1.807, 2.05) is 36.4 Å². The Morgan fingerprint density at radius 3 is 2.67 bits per heavy atom. The van der Waals surface area contributed by atoms with Crippen LogP contribution in [0.4, 0.5) is 10.3 Å². The topological polar surface area (TPSA) is 64.2 Å². The fraction of sp³-hybridized carbons (Fsp3) is 0.429. The third-order valence-corrected chi connectivity index (χ3v) is 4.41. The van der Waals surface area contributed by atoms with Gasteiger partial charge in [0.1, 0.15) is 11.9 Å². The van der Waals surface area contributed by atoms with Crippen molar-refractivity contribution < 1.29 is 9.18 Å². The number of hydrogen-bond acceptors (Lipinski definition) is 3. The maximum absolute atomic E-state index is 13.8. The summed E-state index contributed by atoms with van der Waals surface area (Å²) in [7, 11) is 0. The highest BCUT2D eigenvalue weighted by Crippen LogP contribution is 2.27. The lowest BCUT2D eigenvalue weighted by Crippen LogP contribution is -2.36. The number of halogens is 2. The van der Waals surface area contributed by atoms with Gasteiger partial charge in [0.2, 0.25) is 11.9 Å². The molecule has 0 bridgehead atoms. The number of anilines is 1. The van der Waals surface area contributed by atoms with Gasteiger partial charge in [-0.25, -0.2) is 9.37 Å². The van der Waals surface area contributed by atoms with E-state index in [0.29, 0.717) is 27.7 Å². The summed E-state index contributed by atoms with van der Waals surface area (Å²) in [6.45, 7) is 6.85. The smallest absolute Gasteiger partial charge is 0.245 e. The minimum atomic E-state index is -0.519. The van der Waals surface area contributed by atoms with Crippen molar-refractivity contribution in [1.82, 2.24) is 14.5 Å². The van der Waals surface area contributed by atoms with Crippen molar-refractivity contribution in [2.45, 2.75) is 26.8 Å². The molecule has 0 aliphatic rings.